The summed E-state index contributed by atoms with van der Waals surface area (Å²) in [5, 5.41) is 0.887. The first kappa shape index (κ1) is 12.7. The number of carbonyl (C=O) groups excluding carboxylic acids is 1. The minimum absolute atomic E-state index is 0.0977. The van der Waals surface area contributed by atoms with Crippen molar-refractivity contribution in [1.82, 2.24) is 0 Å². The fourth-order valence-corrected chi connectivity index (χ4v) is 2.21. The van der Waals surface area contributed by atoms with E-state index >= 15 is 0 Å². The van der Waals surface area contributed by atoms with Gasteiger partial charge in [0.25, 0.3) is 0 Å². The number of ketones is 1. The molecule has 0 spiro atoms. The number of ether oxygens (including phenoxy) is 1. The first-order valence-corrected chi connectivity index (χ1v) is 6.55. The van der Waals surface area contributed by atoms with Crippen LogP contribution in [0.2, 0.25) is 10.0 Å². The summed E-state index contributed by atoms with van der Waals surface area (Å²) in [6.45, 7) is 2.55. The number of hydrogen-bond donors (Lipinski definition) is 0. The van der Waals surface area contributed by atoms with Crippen LogP contribution in [0, 0.1) is 5.92 Å². The topological polar surface area (TPSA) is 26.3 Å². The quantitative estimate of drug-likeness (QED) is 0.744. The lowest BCUT2D eigenvalue weighted by Crippen LogP contribution is -2.07. The predicted molar refractivity (Wildman–Crippen MR) is 69.3 cm³/mol. The Morgan fingerprint density at radius 1 is 1.41 bits per heavy atom. The van der Waals surface area contributed by atoms with Gasteiger partial charge in [-0.05, 0) is 31.4 Å². The molecular weight excluding hydrogens is 259 g/mol. The molecule has 0 atom stereocenters. The van der Waals surface area contributed by atoms with Crippen LogP contribution in [-0.4, -0.2) is 12.4 Å². The molecule has 1 fully saturated rings. The van der Waals surface area contributed by atoms with Gasteiger partial charge in [0.05, 0.1) is 17.2 Å². The van der Waals surface area contributed by atoms with Gasteiger partial charge in [-0.2, -0.15) is 0 Å². The van der Waals surface area contributed by atoms with Crippen molar-refractivity contribution in [1.29, 1.82) is 0 Å². The molecule has 1 aromatic carbocycles. The summed E-state index contributed by atoms with van der Waals surface area (Å²) < 4.78 is 5.56. The molecule has 1 aliphatic rings. The van der Waals surface area contributed by atoms with Crippen molar-refractivity contribution in [3.8, 4) is 5.75 Å². The minimum Gasteiger partial charge on any atom is -0.491 e. The average Bonchev–Trinajstić information content (AvgIpc) is 3.10. The van der Waals surface area contributed by atoms with Crippen LogP contribution in [-0.2, 0) is 0 Å². The van der Waals surface area contributed by atoms with E-state index in [4.69, 9.17) is 27.9 Å². The molecule has 0 aliphatic heterocycles. The van der Waals surface area contributed by atoms with E-state index in [1.165, 1.54) is 0 Å². The zero-order chi connectivity index (χ0) is 12.4. The Morgan fingerprint density at radius 3 is 2.71 bits per heavy atom. The standard InChI is InChI=1S/C13H14Cl2O2/c1-2-5-17-13-10(12(16)8-3-4-8)6-9(14)7-11(13)15/h6-8H,2-5H2,1H3. The van der Waals surface area contributed by atoms with Gasteiger partial charge in [-0.1, -0.05) is 30.1 Å². The summed E-state index contributed by atoms with van der Waals surface area (Å²) in [4.78, 5) is 12.1. The maximum absolute atomic E-state index is 12.1. The second-order valence-corrected chi connectivity index (χ2v) is 5.09. The largest absolute Gasteiger partial charge is 0.491 e. The third kappa shape index (κ3) is 2.93. The van der Waals surface area contributed by atoms with Crippen LogP contribution in [0.1, 0.15) is 36.5 Å². The van der Waals surface area contributed by atoms with Crippen LogP contribution < -0.4 is 4.74 Å². The van der Waals surface area contributed by atoms with Crippen molar-refractivity contribution >= 4 is 29.0 Å². The van der Waals surface area contributed by atoms with Crippen molar-refractivity contribution in [3.63, 3.8) is 0 Å². The Morgan fingerprint density at radius 2 is 2.12 bits per heavy atom. The summed E-state index contributed by atoms with van der Waals surface area (Å²) >= 11 is 12.0. The molecule has 1 saturated carbocycles. The van der Waals surface area contributed by atoms with Gasteiger partial charge in [0.15, 0.2) is 5.78 Å². The molecule has 1 aromatic rings. The van der Waals surface area contributed by atoms with Crippen LogP contribution in [0.25, 0.3) is 0 Å². The second-order valence-electron chi connectivity index (χ2n) is 4.25. The van der Waals surface area contributed by atoms with E-state index in [2.05, 4.69) is 0 Å². The van der Waals surface area contributed by atoms with Crippen molar-refractivity contribution in [2.45, 2.75) is 26.2 Å². The smallest absolute Gasteiger partial charge is 0.169 e. The first-order chi connectivity index (χ1) is 8.13. The number of Topliss-reactive ketones (excluding diaryl/α,β-unsaturated/α-hetero) is 1. The highest BCUT2D eigenvalue weighted by molar-refractivity contribution is 6.36. The molecule has 0 bridgehead atoms. The zero-order valence-electron chi connectivity index (χ0n) is 9.63. The van der Waals surface area contributed by atoms with Gasteiger partial charge >= 0.3 is 0 Å². The summed E-state index contributed by atoms with van der Waals surface area (Å²) in [7, 11) is 0. The Kier molecular flexibility index (Phi) is 3.95. The van der Waals surface area contributed by atoms with E-state index in [9.17, 15) is 4.79 Å². The van der Waals surface area contributed by atoms with E-state index in [1.807, 2.05) is 6.92 Å². The molecule has 4 heteroatoms. The SMILES string of the molecule is CCCOc1c(Cl)cc(Cl)cc1C(=O)C1CC1. The van der Waals surface area contributed by atoms with Crippen molar-refractivity contribution < 1.29 is 9.53 Å². The molecular formula is C13H14Cl2O2. The number of halogens is 2. The van der Waals surface area contributed by atoms with Crippen molar-refractivity contribution in [2.75, 3.05) is 6.61 Å². The van der Waals surface area contributed by atoms with E-state index in [0.717, 1.165) is 19.3 Å². The Hall–Kier alpha value is -0.730. The second kappa shape index (κ2) is 5.28. The zero-order valence-corrected chi connectivity index (χ0v) is 11.1. The third-order valence-corrected chi connectivity index (χ3v) is 3.17. The molecule has 0 saturated heterocycles. The molecule has 0 heterocycles. The summed E-state index contributed by atoms with van der Waals surface area (Å²) in [6.07, 6.45) is 2.78. The minimum atomic E-state index is 0.0977. The Labute approximate surface area is 111 Å². The molecule has 0 aromatic heterocycles. The van der Waals surface area contributed by atoms with Gasteiger partial charge in [0.2, 0.25) is 0 Å². The molecule has 2 nitrogen and oxygen atoms in total. The molecule has 2 rings (SSSR count). The number of rotatable bonds is 5. The van der Waals surface area contributed by atoms with Gasteiger partial charge < -0.3 is 4.74 Å². The molecule has 1 aliphatic carbocycles. The Bertz CT molecular complexity index is 439. The van der Waals surface area contributed by atoms with Gasteiger partial charge in [0.1, 0.15) is 5.75 Å². The molecule has 92 valence electrons. The average molecular weight is 273 g/mol. The highest BCUT2D eigenvalue weighted by atomic mass is 35.5. The fourth-order valence-electron chi connectivity index (χ4n) is 1.66. The van der Waals surface area contributed by atoms with Crippen LogP contribution in [0.5, 0.6) is 5.75 Å². The third-order valence-electron chi connectivity index (χ3n) is 2.67. The summed E-state index contributed by atoms with van der Waals surface area (Å²) in [5.41, 5.74) is 0.526. The number of hydrogen-bond acceptors (Lipinski definition) is 2. The lowest BCUT2D eigenvalue weighted by Gasteiger charge is -2.12. The number of carbonyl (C=O) groups is 1. The molecule has 0 N–H and O–H groups in total. The van der Waals surface area contributed by atoms with Gasteiger partial charge in [0, 0.05) is 10.9 Å². The lowest BCUT2D eigenvalue weighted by atomic mass is 10.1. The van der Waals surface area contributed by atoms with Crippen molar-refractivity contribution in [3.05, 3.63) is 27.7 Å². The van der Waals surface area contributed by atoms with Gasteiger partial charge in [-0.15, -0.1) is 0 Å². The molecule has 0 unspecified atom stereocenters. The highest BCUT2D eigenvalue weighted by Gasteiger charge is 2.33. The van der Waals surface area contributed by atoms with E-state index in [0.29, 0.717) is 28.0 Å². The van der Waals surface area contributed by atoms with Crippen molar-refractivity contribution in [2.24, 2.45) is 5.92 Å². The van der Waals surface area contributed by atoms with E-state index in [-0.39, 0.29) is 11.7 Å². The predicted octanol–water partition coefficient (Wildman–Crippen LogP) is 4.37. The maximum Gasteiger partial charge on any atom is 0.169 e. The monoisotopic (exact) mass is 272 g/mol. The molecule has 17 heavy (non-hydrogen) atoms. The van der Waals surface area contributed by atoms with E-state index in [1.54, 1.807) is 12.1 Å². The van der Waals surface area contributed by atoms with Crippen LogP contribution in [0.3, 0.4) is 0 Å². The molecule has 0 amide bonds. The van der Waals surface area contributed by atoms with Gasteiger partial charge in [-0.3, -0.25) is 4.79 Å². The first-order valence-electron chi connectivity index (χ1n) is 5.79. The van der Waals surface area contributed by atoms with Crippen LogP contribution >= 0.6 is 23.2 Å². The lowest BCUT2D eigenvalue weighted by molar-refractivity contribution is 0.0963. The molecule has 0 radical (unpaired) electrons. The summed E-state index contributed by atoms with van der Waals surface area (Å²) in [6, 6.07) is 3.26. The van der Waals surface area contributed by atoms with Crippen LogP contribution in [0.15, 0.2) is 12.1 Å². The fraction of sp³-hybridized carbons (Fsp3) is 0.462. The normalized spacial score (nSPS) is 14.8. The maximum atomic E-state index is 12.1. The Balaban J connectivity index is 2.35. The van der Waals surface area contributed by atoms with Crippen LogP contribution in [0.4, 0.5) is 0 Å². The number of benzene rings is 1. The van der Waals surface area contributed by atoms with Gasteiger partial charge in [-0.25, -0.2) is 0 Å². The van der Waals surface area contributed by atoms with E-state index < -0.39 is 0 Å². The highest BCUT2D eigenvalue weighted by Crippen LogP contribution is 2.39. The summed E-state index contributed by atoms with van der Waals surface area (Å²) in [5.74, 6) is 0.712.